The molecule has 2 amide bonds. The van der Waals surface area contributed by atoms with Gasteiger partial charge in [-0.1, -0.05) is 38.5 Å². The second-order valence-corrected chi connectivity index (χ2v) is 5.88. The van der Waals surface area contributed by atoms with Gasteiger partial charge in [-0.25, -0.2) is 0 Å². The maximum absolute atomic E-state index is 12.2. The molecule has 1 aromatic carbocycles. The molecule has 0 saturated heterocycles. The van der Waals surface area contributed by atoms with E-state index < -0.39 is 6.04 Å². The molecule has 0 heterocycles. The highest BCUT2D eigenvalue weighted by molar-refractivity contribution is 5.97. The van der Waals surface area contributed by atoms with Crippen molar-refractivity contribution in [1.82, 2.24) is 10.6 Å². The van der Waals surface area contributed by atoms with Crippen molar-refractivity contribution in [2.45, 2.75) is 53.1 Å². The molecule has 2 N–H and O–H groups in total. The third-order valence-corrected chi connectivity index (χ3v) is 3.55. The Hall–Kier alpha value is -1.84. The highest BCUT2D eigenvalue weighted by Crippen LogP contribution is 2.07. The van der Waals surface area contributed by atoms with Gasteiger partial charge in [0.2, 0.25) is 5.91 Å². The molecule has 2 atom stereocenters. The molecule has 116 valence electrons. The van der Waals surface area contributed by atoms with E-state index in [2.05, 4.69) is 10.6 Å². The molecule has 4 heteroatoms. The fourth-order valence-corrected chi connectivity index (χ4v) is 1.90. The Morgan fingerprint density at radius 3 is 2.10 bits per heavy atom. The number of amides is 2. The van der Waals surface area contributed by atoms with Gasteiger partial charge in [-0.2, -0.15) is 0 Å². The zero-order chi connectivity index (χ0) is 16.0. The topological polar surface area (TPSA) is 58.2 Å². The number of hydrogen-bond acceptors (Lipinski definition) is 2. The lowest BCUT2D eigenvalue weighted by Crippen LogP contribution is -2.51. The van der Waals surface area contributed by atoms with Crippen molar-refractivity contribution in [2.24, 2.45) is 5.92 Å². The summed E-state index contributed by atoms with van der Waals surface area (Å²) in [4.78, 5) is 24.5. The van der Waals surface area contributed by atoms with Gasteiger partial charge in [0.05, 0.1) is 0 Å². The molecule has 21 heavy (non-hydrogen) atoms. The molecule has 0 aliphatic heterocycles. The van der Waals surface area contributed by atoms with Gasteiger partial charge in [-0.3, -0.25) is 9.59 Å². The van der Waals surface area contributed by atoms with Crippen molar-refractivity contribution in [2.75, 3.05) is 0 Å². The summed E-state index contributed by atoms with van der Waals surface area (Å²) in [5.74, 6) is -0.309. The Bertz CT molecular complexity index is 480. The van der Waals surface area contributed by atoms with Crippen molar-refractivity contribution >= 4 is 11.8 Å². The molecule has 0 aromatic heterocycles. The van der Waals surface area contributed by atoms with E-state index in [9.17, 15) is 9.59 Å². The average Bonchev–Trinajstić information content (AvgIpc) is 2.44. The van der Waals surface area contributed by atoms with Crippen LogP contribution in [-0.2, 0) is 4.79 Å². The lowest BCUT2D eigenvalue weighted by molar-refractivity contribution is -0.124. The van der Waals surface area contributed by atoms with Gasteiger partial charge in [-0.15, -0.1) is 0 Å². The summed E-state index contributed by atoms with van der Waals surface area (Å²) in [6.07, 6.45) is 0.864. The number of benzene rings is 1. The Morgan fingerprint density at radius 2 is 1.62 bits per heavy atom. The molecular weight excluding hydrogens is 264 g/mol. The van der Waals surface area contributed by atoms with Crippen LogP contribution in [0, 0.1) is 12.8 Å². The van der Waals surface area contributed by atoms with Crippen LogP contribution in [0.4, 0.5) is 0 Å². The van der Waals surface area contributed by atoms with E-state index in [0.717, 1.165) is 12.0 Å². The summed E-state index contributed by atoms with van der Waals surface area (Å²) in [5.41, 5.74) is 1.67. The first-order valence-electron chi connectivity index (χ1n) is 7.53. The summed E-state index contributed by atoms with van der Waals surface area (Å²) in [5, 5.41) is 5.75. The van der Waals surface area contributed by atoms with E-state index in [1.807, 2.05) is 46.8 Å². The van der Waals surface area contributed by atoms with E-state index in [4.69, 9.17) is 0 Å². The first-order chi connectivity index (χ1) is 9.85. The highest BCUT2D eigenvalue weighted by atomic mass is 16.2. The van der Waals surface area contributed by atoms with Crippen LogP contribution in [0.25, 0.3) is 0 Å². The minimum atomic E-state index is -0.521. The van der Waals surface area contributed by atoms with Crippen LogP contribution < -0.4 is 10.6 Å². The average molecular weight is 290 g/mol. The first kappa shape index (κ1) is 17.2. The molecule has 0 radical (unpaired) electrons. The van der Waals surface area contributed by atoms with Gasteiger partial charge in [0.25, 0.3) is 5.91 Å². The van der Waals surface area contributed by atoms with E-state index in [1.54, 1.807) is 12.1 Å². The van der Waals surface area contributed by atoms with Crippen LogP contribution in [-0.4, -0.2) is 23.9 Å². The third-order valence-electron chi connectivity index (χ3n) is 3.55. The minimum absolute atomic E-state index is 0.0310. The largest absolute Gasteiger partial charge is 0.352 e. The number of carbonyl (C=O) groups is 2. The van der Waals surface area contributed by atoms with E-state index in [-0.39, 0.29) is 23.8 Å². The van der Waals surface area contributed by atoms with Crippen LogP contribution >= 0.6 is 0 Å². The van der Waals surface area contributed by atoms with Crippen molar-refractivity contribution in [1.29, 1.82) is 0 Å². The standard InChI is InChI=1S/C17H26N2O2/c1-6-13(5)18-17(21)15(11(2)3)19-16(20)14-9-7-12(4)8-10-14/h7-11,13,15H,6H2,1-5H3,(H,18,21)(H,19,20). The van der Waals surface area contributed by atoms with Crippen LogP contribution in [0.3, 0.4) is 0 Å². The summed E-state index contributed by atoms with van der Waals surface area (Å²) in [7, 11) is 0. The number of aryl methyl sites for hydroxylation is 1. The van der Waals surface area contributed by atoms with Crippen LogP contribution in [0.5, 0.6) is 0 Å². The zero-order valence-electron chi connectivity index (χ0n) is 13.6. The molecule has 0 aliphatic carbocycles. The van der Waals surface area contributed by atoms with Crippen LogP contribution in [0.1, 0.15) is 50.0 Å². The summed E-state index contributed by atoms with van der Waals surface area (Å²) in [6, 6.07) is 6.91. The van der Waals surface area contributed by atoms with Crippen molar-refractivity contribution in [3.05, 3.63) is 35.4 Å². The summed E-state index contributed by atoms with van der Waals surface area (Å²) in [6.45, 7) is 9.79. The molecule has 0 aliphatic rings. The quantitative estimate of drug-likeness (QED) is 0.846. The van der Waals surface area contributed by atoms with E-state index in [0.29, 0.717) is 5.56 Å². The predicted molar refractivity (Wildman–Crippen MR) is 85.2 cm³/mol. The number of nitrogens with one attached hydrogen (secondary N) is 2. The Kier molecular flexibility index (Phi) is 6.40. The molecular formula is C17H26N2O2. The molecule has 0 saturated carbocycles. The Balaban J connectivity index is 2.76. The lowest BCUT2D eigenvalue weighted by atomic mass is 10.0. The van der Waals surface area contributed by atoms with Crippen LogP contribution in [0.2, 0.25) is 0 Å². The third kappa shape index (κ3) is 5.21. The van der Waals surface area contributed by atoms with Crippen molar-refractivity contribution < 1.29 is 9.59 Å². The van der Waals surface area contributed by atoms with E-state index >= 15 is 0 Å². The lowest BCUT2D eigenvalue weighted by Gasteiger charge is -2.23. The SMILES string of the molecule is CCC(C)NC(=O)C(NC(=O)c1ccc(C)cc1)C(C)C. The highest BCUT2D eigenvalue weighted by Gasteiger charge is 2.25. The second kappa shape index (κ2) is 7.81. The first-order valence-corrected chi connectivity index (χ1v) is 7.53. The minimum Gasteiger partial charge on any atom is -0.352 e. The molecule has 1 rings (SSSR count). The number of hydrogen-bond donors (Lipinski definition) is 2. The molecule has 0 fully saturated rings. The van der Waals surface area contributed by atoms with Gasteiger partial charge in [0.1, 0.15) is 6.04 Å². The van der Waals surface area contributed by atoms with Gasteiger partial charge in [0, 0.05) is 11.6 Å². The fourth-order valence-electron chi connectivity index (χ4n) is 1.90. The number of rotatable bonds is 6. The summed E-state index contributed by atoms with van der Waals surface area (Å²) < 4.78 is 0. The van der Waals surface area contributed by atoms with Crippen molar-refractivity contribution in [3.63, 3.8) is 0 Å². The smallest absolute Gasteiger partial charge is 0.251 e. The predicted octanol–water partition coefficient (Wildman–Crippen LogP) is 2.66. The molecule has 1 aromatic rings. The van der Waals surface area contributed by atoms with Gasteiger partial charge in [-0.05, 0) is 38.3 Å². The molecule has 0 spiro atoms. The second-order valence-electron chi connectivity index (χ2n) is 5.88. The Morgan fingerprint density at radius 1 is 1.05 bits per heavy atom. The van der Waals surface area contributed by atoms with Gasteiger partial charge < -0.3 is 10.6 Å². The number of carbonyl (C=O) groups excluding carboxylic acids is 2. The monoisotopic (exact) mass is 290 g/mol. The van der Waals surface area contributed by atoms with Crippen LogP contribution in [0.15, 0.2) is 24.3 Å². The Labute approximate surface area is 127 Å². The maximum Gasteiger partial charge on any atom is 0.251 e. The van der Waals surface area contributed by atoms with Gasteiger partial charge >= 0.3 is 0 Å². The maximum atomic E-state index is 12.2. The molecule has 4 nitrogen and oxygen atoms in total. The van der Waals surface area contributed by atoms with E-state index in [1.165, 1.54) is 0 Å². The van der Waals surface area contributed by atoms with Gasteiger partial charge in [0.15, 0.2) is 0 Å². The molecule has 0 bridgehead atoms. The van der Waals surface area contributed by atoms with Crippen molar-refractivity contribution in [3.8, 4) is 0 Å². The fraction of sp³-hybridized carbons (Fsp3) is 0.529. The normalized spacial score (nSPS) is 13.6. The molecule has 2 unspecified atom stereocenters. The zero-order valence-corrected chi connectivity index (χ0v) is 13.6. The summed E-state index contributed by atoms with van der Waals surface area (Å²) >= 11 is 0.